The third-order valence-corrected chi connectivity index (χ3v) is 5.37. The number of hydrogen-bond donors (Lipinski definition) is 2. The maximum Gasteiger partial charge on any atom is 0.244 e. The lowest BCUT2D eigenvalue weighted by Gasteiger charge is -2.32. The number of piperazine rings is 1. The zero-order valence-electron chi connectivity index (χ0n) is 15.0. The van der Waals surface area contributed by atoms with Gasteiger partial charge in [-0.2, -0.15) is 0 Å². The lowest BCUT2D eigenvalue weighted by Crippen LogP contribution is -2.48. The zero-order chi connectivity index (χ0) is 17.9. The van der Waals surface area contributed by atoms with Crippen molar-refractivity contribution >= 4 is 17.5 Å². The second-order valence-corrected chi connectivity index (χ2v) is 7.38. The fourth-order valence-electron chi connectivity index (χ4n) is 3.54. The van der Waals surface area contributed by atoms with Crippen LogP contribution < -0.4 is 11.1 Å². The van der Waals surface area contributed by atoms with Crippen molar-refractivity contribution in [2.75, 3.05) is 38.5 Å². The molecule has 2 aliphatic rings. The van der Waals surface area contributed by atoms with Crippen LogP contribution >= 0.6 is 0 Å². The molecule has 2 amide bonds. The third-order valence-electron chi connectivity index (χ3n) is 5.37. The maximum absolute atomic E-state index is 12.4. The van der Waals surface area contributed by atoms with Crippen molar-refractivity contribution < 1.29 is 9.59 Å². The number of nitrogens with zero attached hydrogens (tertiary/aromatic N) is 2. The molecule has 136 valence electrons. The van der Waals surface area contributed by atoms with E-state index in [4.69, 9.17) is 5.73 Å². The number of hydrogen-bond acceptors (Lipinski definition) is 4. The molecule has 1 aliphatic heterocycles. The number of nitrogens with two attached hydrogens (primary N) is 1. The fourth-order valence-corrected chi connectivity index (χ4v) is 3.54. The van der Waals surface area contributed by atoms with Crippen molar-refractivity contribution in [1.29, 1.82) is 0 Å². The van der Waals surface area contributed by atoms with Gasteiger partial charge in [-0.1, -0.05) is 25.0 Å². The molecule has 1 heterocycles. The van der Waals surface area contributed by atoms with Crippen LogP contribution in [0.3, 0.4) is 0 Å². The monoisotopic (exact) mass is 344 g/mol. The van der Waals surface area contributed by atoms with Crippen LogP contribution in [-0.4, -0.2) is 60.4 Å². The van der Waals surface area contributed by atoms with Gasteiger partial charge in [-0.25, -0.2) is 0 Å². The number of likely N-dealkylation sites (N-methyl/N-ethyl adjacent to an activating group) is 1. The number of benzene rings is 1. The van der Waals surface area contributed by atoms with Crippen LogP contribution in [-0.2, 0) is 16.0 Å². The summed E-state index contributed by atoms with van der Waals surface area (Å²) in [7, 11) is 2.08. The molecule has 1 aromatic carbocycles. The minimum absolute atomic E-state index is 0.105. The molecule has 6 nitrogen and oxygen atoms in total. The van der Waals surface area contributed by atoms with Gasteiger partial charge < -0.3 is 20.9 Å². The molecule has 6 heteroatoms. The van der Waals surface area contributed by atoms with Crippen LogP contribution in [0.25, 0.3) is 0 Å². The Bertz CT molecular complexity index is 615. The molecule has 0 atom stereocenters. The Balaban J connectivity index is 1.53. The second kappa shape index (κ2) is 7.54. The van der Waals surface area contributed by atoms with Crippen molar-refractivity contribution in [2.45, 2.75) is 37.6 Å². The molecule has 3 rings (SSSR count). The number of anilines is 1. The summed E-state index contributed by atoms with van der Waals surface area (Å²) in [5, 5.41) is 2.91. The van der Waals surface area contributed by atoms with Crippen LogP contribution in [0, 0.1) is 0 Å². The molecule has 0 radical (unpaired) electrons. The predicted molar refractivity (Wildman–Crippen MR) is 98.2 cm³/mol. The minimum Gasteiger partial charge on any atom is -0.340 e. The Hall–Kier alpha value is -1.92. The summed E-state index contributed by atoms with van der Waals surface area (Å²) in [5.74, 6) is 0.0583. The van der Waals surface area contributed by atoms with E-state index in [0.29, 0.717) is 6.42 Å². The topological polar surface area (TPSA) is 78.7 Å². The first-order valence-corrected chi connectivity index (χ1v) is 9.12. The summed E-state index contributed by atoms with van der Waals surface area (Å²) < 4.78 is 0. The normalized spacial score (nSPS) is 20.5. The highest BCUT2D eigenvalue weighted by Gasteiger charge is 2.36. The van der Waals surface area contributed by atoms with E-state index in [1.807, 2.05) is 29.2 Å². The first-order valence-electron chi connectivity index (χ1n) is 9.12. The molecule has 25 heavy (non-hydrogen) atoms. The molecular weight excluding hydrogens is 316 g/mol. The van der Waals surface area contributed by atoms with Crippen LogP contribution in [0.4, 0.5) is 5.69 Å². The van der Waals surface area contributed by atoms with Crippen molar-refractivity contribution in [3.05, 3.63) is 29.8 Å². The largest absolute Gasteiger partial charge is 0.340 e. The molecule has 1 aromatic rings. The van der Waals surface area contributed by atoms with Gasteiger partial charge in [-0.3, -0.25) is 9.59 Å². The molecule has 3 N–H and O–H groups in total. The van der Waals surface area contributed by atoms with Gasteiger partial charge in [-0.15, -0.1) is 0 Å². The van der Waals surface area contributed by atoms with E-state index in [0.717, 1.165) is 63.1 Å². The maximum atomic E-state index is 12.4. The van der Waals surface area contributed by atoms with Gasteiger partial charge in [0.15, 0.2) is 0 Å². The average Bonchev–Trinajstić information content (AvgIpc) is 3.05. The van der Waals surface area contributed by atoms with E-state index >= 15 is 0 Å². The SMILES string of the molecule is CN1CCN(C(=O)Cc2ccc(NC(=O)C3(N)CCCC3)cc2)CC1. The molecule has 1 aliphatic carbocycles. The summed E-state index contributed by atoms with van der Waals surface area (Å²) in [6.07, 6.45) is 3.92. The number of carbonyl (C=O) groups excluding carboxylic acids is 2. The predicted octanol–water partition coefficient (Wildman–Crippen LogP) is 1.21. The van der Waals surface area contributed by atoms with Gasteiger partial charge in [0.25, 0.3) is 0 Å². The van der Waals surface area contributed by atoms with Crippen LogP contribution in [0.15, 0.2) is 24.3 Å². The summed E-state index contributed by atoms with van der Waals surface area (Å²) in [4.78, 5) is 28.9. The molecule has 0 unspecified atom stereocenters. The van der Waals surface area contributed by atoms with Gasteiger partial charge in [0.2, 0.25) is 11.8 Å². The van der Waals surface area contributed by atoms with E-state index in [2.05, 4.69) is 17.3 Å². The van der Waals surface area contributed by atoms with E-state index in [9.17, 15) is 9.59 Å². The Morgan fingerprint density at radius 2 is 1.68 bits per heavy atom. The van der Waals surface area contributed by atoms with Gasteiger partial charge in [-0.05, 0) is 37.6 Å². The summed E-state index contributed by atoms with van der Waals surface area (Å²) >= 11 is 0. The van der Waals surface area contributed by atoms with Crippen LogP contribution in [0.1, 0.15) is 31.2 Å². The molecule has 1 saturated carbocycles. The lowest BCUT2D eigenvalue weighted by molar-refractivity contribution is -0.132. The molecule has 0 aromatic heterocycles. The standard InChI is InChI=1S/C19H28N4O2/c1-22-10-12-23(13-11-22)17(24)14-15-4-6-16(7-5-15)21-18(25)19(20)8-2-3-9-19/h4-7H,2-3,8-14,20H2,1H3,(H,21,25). The van der Waals surface area contributed by atoms with Gasteiger partial charge in [0.05, 0.1) is 12.0 Å². The van der Waals surface area contributed by atoms with E-state index in [1.165, 1.54) is 0 Å². The van der Waals surface area contributed by atoms with Gasteiger partial charge in [0.1, 0.15) is 0 Å². The van der Waals surface area contributed by atoms with E-state index < -0.39 is 5.54 Å². The molecular formula is C19H28N4O2. The number of nitrogens with one attached hydrogen (secondary N) is 1. The summed E-state index contributed by atoms with van der Waals surface area (Å²) in [5.41, 5.74) is 7.14. The number of rotatable bonds is 4. The molecule has 1 saturated heterocycles. The average molecular weight is 344 g/mol. The van der Waals surface area contributed by atoms with Crippen LogP contribution in [0.5, 0.6) is 0 Å². The first-order chi connectivity index (χ1) is 12.0. The van der Waals surface area contributed by atoms with Crippen molar-refractivity contribution in [3.63, 3.8) is 0 Å². The molecule has 0 spiro atoms. The zero-order valence-corrected chi connectivity index (χ0v) is 15.0. The Morgan fingerprint density at radius 3 is 2.28 bits per heavy atom. The highest BCUT2D eigenvalue weighted by molar-refractivity contribution is 5.98. The lowest BCUT2D eigenvalue weighted by atomic mass is 9.98. The quantitative estimate of drug-likeness (QED) is 0.861. The van der Waals surface area contributed by atoms with Crippen molar-refractivity contribution in [3.8, 4) is 0 Å². The summed E-state index contributed by atoms with van der Waals surface area (Å²) in [6.45, 7) is 3.44. The van der Waals surface area contributed by atoms with Gasteiger partial charge in [0, 0.05) is 31.9 Å². The van der Waals surface area contributed by atoms with Crippen molar-refractivity contribution in [2.24, 2.45) is 5.73 Å². The minimum atomic E-state index is -0.726. The molecule has 0 bridgehead atoms. The first kappa shape index (κ1) is 17.9. The van der Waals surface area contributed by atoms with E-state index in [1.54, 1.807) is 0 Å². The highest BCUT2D eigenvalue weighted by Crippen LogP contribution is 2.28. The fraction of sp³-hybridized carbons (Fsp3) is 0.579. The van der Waals surface area contributed by atoms with Crippen LogP contribution in [0.2, 0.25) is 0 Å². The highest BCUT2D eigenvalue weighted by atomic mass is 16.2. The van der Waals surface area contributed by atoms with E-state index in [-0.39, 0.29) is 11.8 Å². The van der Waals surface area contributed by atoms with Gasteiger partial charge >= 0.3 is 0 Å². The smallest absolute Gasteiger partial charge is 0.244 e. The Kier molecular flexibility index (Phi) is 5.39. The summed E-state index contributed by atoms with van der Waals surface area (Å²) in [6, 6.07) is 7.51. The van der Waals surface area contributed by atoms with Crippen molar-refractivity contribution in [1.82, 2.24) is 9.80 Å². The Morgan fingerprint density at radius 1 is 1.08 bits per heavy atom. The Labute approximate surface area is 149 Å². The second-order valence-electron chi connectivity index (χ2n) is 7.38. The number of carbonyl (C=O) groups is 2. The molecule has 2 fully saturated rings. The third kappa shape index (κ3) is 4.38. The number of amides is 2.